The second-order valence-corrected chi connectivity index (χ2v) is 12.8. The highest BCUT2D eigenvalue weighted by atomic mass is 19.1. The summed E-state index contributed by atoms with van der Waals surface area (Å²) in [5.74, 6) is -1.35. The zero-order valence-corrected chi connectivity index (χ0v) is 28.5. The molecule has 0 spiro atoms. The van der Waals surface area contributed by atoms with Crippen molar-refractivity contribution in [2.75, 3.05) is 70.8 Å². The molecule has 2 aliphatic rings. The predicted molar refractivity (Wildman–Crippen MR) is 178 cm³/mol. The second kappa shape index (κ2) is 15.1. The molecule has 2 N–H and O–H groups in total. The Morgan fingerprint density at radius 3 is 2.36 bits per heavy atom. The van der Waals surface area contributed by atoms with Gasteiger partial charge in [-0.2, -0.15) is 0 Å². The van der Waals surface area contributed by atoms with Crippen molar-refractivity contribution in [3.8, 4) is 0 Å². The number of aromatic nitrogens is 1. The summed E-state index contributed by atoms with van der Waals surface area (Å²) in [5.41, 5.74) is 2.56. The predicted octanol–water partition coefficient (Wildman–Crippen LogP) is 4.74. The third-order valence-electron chi connectivity index (χ3n) is 8.40. The Morgan fingerprint density at radius 2 is 1.72 bits per heavy atom. The van der Waals surface area contributed by atoms with Gasteiger partial charge in [0.25, 0.3) is 11.8 Å². The number of aromatic amines is 1. The van der Waals surface area contributed by atoms with E-state index < -0.39 is 23.4 Å². The van der Waals surface area contributed by atoms with Gasteiger partial charge in [0.15, 0.2) is 0 Å². The summed E-state index contributed by atoms with van der Waals surface area (Å²) in [7, 11) is 0. The van der Waals surface area contributed by atoms with Gasteiger partial charge in [-0.3, -0.25) is 14.5 Å². The van der Waals surface area contributed by atoms with E-state index in [1.54, 1.807) is 24.8 Å². The van der Waals surface area contributed by atoms with Crippen molar-refractivity contribution in [2.24, 2.45) is 0 Å². The number of hydrogen-bond donors (Lipinski definition) is 2. The maximum absolute atomic E-state index is 14.0. The van der Waals surface area contributed by atoms with E-state index in [0.717, 1.165) is 18.0 Å². The maximum Gasteiger partial charge on any atom is 0.416 e. The third kappa shape index (κ3) is 8.77. The minimum absolute atomic E-state index is 0.0772. The van der Waals surface area contributed by atoms with E-state index in [9.17, 15) is 23.6 Å². The molecule has 2 aliphatic heterocycles. The summed E-state index contributed by atoms with van der Waals surface area (Å²) in [6.45, 7) is 17.9. The Kier molecular flexibility index (Phi) is 11.5. The minimum atomic E-state index is -0.742. The number of fused-ring (bicyclic) bond motifs is 1. The van der Waals surface area contributed by atoms with Crippen molar-refractivity contribution in [1.29, 1.82) is 0 Å². The highest BCUT2D eigenvalue weighted by Crippen LogP contribution is 2.34. The van der Waals surface area contributed by atoms with E-state index in [4.69, 9.17) is 9.47 Å². The summed E-state index contributed by atoms with van der Waals surface area (Å²) in [4.78, 5) is 62.7. The standard InChI is InChI=1S/C34H47FN6O6/c1-8-38(9-2)14-17-41(33(45)46-19-18-39-12-15-40(16-13-39)32(44)47-34(5,6)7)31(43)29-22(3)28(36-23(29)4)21-26-25-20-24(35)10-11-27(25)37-30(26)42/h10-11,20-21,36H,8-9,12-19H2,1-7H3,(H,37,42)/b26-21-. The van der Waals surface area contributed by atoms with Gasteiger partial charge >= 0.3 is 12.2 Å². The third-order valence-corrected chi connectivity index (χ3v) is 8.40. The Bertz CT molecular complexity index is 1520. The topological polar surface area (TPSA) is 128 Å². The smallest absolute Gasteiger partial charge is 0.416 e. The van der Waals surface area contributed by atoms with Crippen LogP contribution in [0.5, 0.6) is 0 Å². The van der Waals surface area contributed by atoms with E-state index in [-0.39, 0.29) is 30.7 Å². The number of imide groups is 1. The zero-order valence-electron chi connectivity index (χ0n) is 28.5. The first-order valence-corrected chi connectivity index (χ1v) is 16.2. The Labute approximate surface area is 275 Å². The average molecular weight is 655 g/mol. The molecule has 1 aromatic carbocycles. The van der Waals surface area contributed by atoms with Gasteiger partial charge in [-0.05, 0) is 77.5 Å². The molecule has 12 nitrogen and oxygen atoms in total. The molecule has 1 saturated heterocycles. The van der Waals surface area contributed by atoms with Crippen molar-refractivity contribution in [3.63, 3.8) is 0 Å². The fourth-order valence-electron chi connectivity index (χ4n) is 5.70. The second-order valence-electron chi connectivity index (χ2n) is 12.8. The van der Waals surface area contributed by atoms with Crippen molar-refractivity contribution < 1.29 is 33.0 Å². The normalized spacial score (nSPS) is 16.0. The number of ether oxygens (including phenoxy) is 2. The average Bonchev–Trinajstić information content (AvgIpc) is 3.47. The fourth-order valence-corrected chi connectivity index (χ4v) is 5.70. The fraction of sp³-hybridized carbons (Fsp3) is 0.529. The number of rotatable bonds is 10. The first kappa shape index (κ1) is 35.6. The summed E-state index contributed by atoms with van der Waals surface area (Å²) in [6, 6.07) is 4.08. The van der Waals surface area contributed by atoms with Crippen LogP contribution in [-0.4, -0.2) is 120 Å². The Balaban J connectivity index is 1.45. The highest BCUT2D eigenvalue weighted by molar-refractivity contribution is 6.35. The number of halogens is 1. The number of carbonyl (C=O) groups excluding carboxylic acids is 4. The van der Waals surface area contributed by atoms with Crippen LogP contribution in [0.3, 0.4) is 0 Å². The Hall–Kier alpha value is -4.23. The van der Waals surface area contributed by atoms with Gasteiger partial charge in [-0.15, -0.1) is 0 Å². The molecule has 0 radical (unpaired) electrons. The van der Waals surface area contributed by atoms with Crippen LogP contribution in [0.2, 0.25) is 0 Å². The molecule has 0 unspecified atom stereocenters. The van der Waals surface area contributed by atoms with Crippen LogP contribution in [0.25, 0.3) is 11.6 Å². The molecule has 2 aromatic rings. The van der Waals surface area contributed by atoms with E-state index in [2.05, 4.69) is 20.1 Å². The molecular formula is C34H47FN6O6. The van der Waals surface area contributed by atoms with Crippen LogP contribution in [-0.2, 0) is 14.3 Å². The van der Waals surface area contributed by atoms with E-state index in [0.29, 0.717) is 73.0 Å². The number of nitrogens with zero attached hydrogens (tertiary/aromatic N) is 4. The number of piperazine rings is 1. The lowest BCUT2D eigenvalue weighted by Crippen LogP contribution is -2.50. The monoisotopic (exact) mass is 654 g/mol. The number of benzene rings is 1. The number of H-pyrrole nitrogens is 1. The maximum atomic E-state index is 14.0. The molecule has 4 amide bonds. The Morgan fingerprint density at radius 1 is 1.04 bits per heavy atom. The van der Waals surface area contributed by atoms with E-state index in [1.165, 1.54) is 18.2 Å². The van der Waals surface area contributed by atoms with E-state index in [1.807, 2.05) is 34.6 Å². The lowest BCUT2D eigenvalue weighted by atomic mass is 10.0. The van der Waals surface area contributed by atoms with Crippen LogP contribution in [0.1, 0.15) is 67.5 Å². The van der Waals surface area contributed by atoms with Crippen LogP contribution < -0.4 is 5.32 Å². The highest BCUT2D eigenvalue weighted by Gasteiger charge is 2.31. The lowest BCUT2D eigenvalue weighted by Gasteiger charge is -2.35. The molecule has 13 heteroatoms. The van der Waals surface area contributed by atoms with Gasteiger partial charge in [0.05, 0.1) is 11.1 Å². The van der Waals surface area contributed by atoms with Crippen LogP contribution in [0.15, 0.2) is 18.2 Å². The van der Waals surface area contributed by atoms with Gasteiger partial charge in [-0.25, -0.2) is 18.9 Å². The number of anilines is 1. The summed E-state index contributed by atoms with van der Waals surface area (Å²) in [6.07, 6.45) is 0.515. The van der Waals surface area contributed by atoms with Crippen molar-refractivity contribution in [2.45, 2.75) is 54.1 Å². The molecule has 0 bridgehead atoms. The van der Waals surface area contributed by atoms with Gasteiger partial charge < -0.3 is 29.6 Å². The molecule has 1 aromatic heterocycles. The van der Waals surface area contributed by atoms with E-state index >= 15 is 0 Å². The first-order valence-electron chi connectivity index (χ1n) is 16.2. The van der Waals surface area contributed by atoms with Gasteiger partial charge in [0, 0.05) is 68.5 Å². The van der Waals surface area contributed by atoms with Gasteiger partial charge in [-0.1, -0.05) is 13.8 Å². The molecular weight excluding hydrogens is 607 g/mol. The van der Waals surface area contributed by atoms with Crippen molar-refractivity contribution in [3.05, 3.63) is 52.1 Å². The molecule has 0 aliphatic carbocycles. The quantitative estimate of drug-likeness (QED) is 0.352. The number of aryl methyl sites for hydroxylation is 1. The number of hydrogen-bond acceptors (Lipinski definition) is 8. The minimum Gasteiger partial charge on any atom is -0.448 e. The zero-order chi connectivity index (χ0) is 34.5. The number of nitrogens with one attached hydrogen (secondary N) is 2. The van der Waals surface area contributed by atoms with Gasteiger partial charge in [0.1, 0.15) is 18.0 Å². The van der Waals surface area contributed by atoms with Crippen molar-refractivity contribution in [1.82, 2.24) is 24.6 Å². The van der Waals surface area contributed by atoms with Crippen molar-refractivity contribution >= 4 is 41.3 Å². The SMILES string of the molecule is CCN(CC)CCN(C(=O)OCCN1CCN(C(=O)OC(C)(C)C)CC1)C(=O)c1c(C)[nH]c(/C=C2\C(=O)Nc3ccc(F)cc32)c1C. The van der Waals surface area contributed by atoms with Crippen LogP contribution >= 0.6 is 0 Å². The molecule has 4 rings (SSSR count). The number of likely N-dealkylation sites (N-methyl/N-ethyl adjacent to an activating group) is 1. The lowest BCUT2D eigenvalue weighted by molar-refractivity contribution is -0.110. The summed E-state index contributed by atoms with van der Waals surface area (Å²) >= 11 is 0. The molecule has 47 heavy (non-hydrogen) atoms. The van der Waals surface area contributed by atoms with Crippen LogP contribution in [0.4, 0.5) is 19.7 Å². The molecule has 256 valence electrons. The molecule has 0 atom stereocenters. The van der Waals surface area contributed by atoms with Gasteiger partial charge in [0.2, 0.25) is 0 Å². The largest absolute Gasteiger partial charge is 0.448 e. The number of carbonyl (C=O) groups is 4. The molecule has 1 fully saturated rings. The van der Waals surface area contributed by atoms with Crippen LogP contribution in [0, 0.1) is 19.7 Å². The summed E-state index contributed by atoms with van der Waals surface area (Å²) in [5, 5.41) is 2.73. The summed E-state index contributed by atoms with van der Waals surface area (Å²) < 4.78 is 25.1. The number of amides is 4. The first-order chi connectivity index (χ1) is 22.2. The molecule has 0 saturated carbocycles. The molecule has 3 heterocycles.